The highest BCUT2D eigenvalue weighted by Gasteiger charge is 2.21. The van der Waals surface area contributed by atoms with Crippen LogP contribution in [0.1, 0.15) is 127 Å². The first-order valence-electron chi connectivity index (χ1n) is 16.8. The summed E-state index contributed by atoms with van der Waals surface area (Å²) in [5.41, 5.74) is 10.0. The Bertz CT molecular complexity index is 1560. The minimum atomic E-state index is -0.214. The summed E-state index contributed by atoms with van der Waals surface area (Å²) in [4.78, 5) is 21.1. The number of hydrogen-bond acceptors (Lipinski definition) is 3. The van der Waals surface area contributed by atoms with E-state index in [4.69, 9.17) is 4.99 Å². The molecule has 1 atom stereocenters. The fraction of sp³-hybridized carbons (Fsp3) is 0.415. The third-order valence-corrected chi connectivity index (χ3v) is 10.9. The van der Waals surface area contributed by atoms with Gasteiger partial charge in [0.2, 0.25) is 0 Å². The van der Waals surface area contributed by atoms with Crippen molar-refractivity contribution in [1.29, 1.82) is 0 Å². The van der Waals surface area contributed by atoms with E-state index in [1.807, 2.05) is 36.5 Å². The van der Waals surface area contributed by atoms with Crippen LogP contribution in [0.3, 0.4) is 0 Å². The topological polar surface area (TPSA) is 29.4 Å². The van der Waals surface area contributed by atoms with Gasteiger partial charge in [0.25, 0.3) is 0 Å². The van der Waals surface area contributed by atoms with Gasteiger partial charge in [-0.1, -0.05) is 121 Å². The number of rotatable bonds is 14. The van der Waals surface area contributed by atoms with Crippen molar-refractivity contribution in [3.8, 4) is 0 Å². The van der Waals surface area contributed by atoms with Gasteiger partial charge in [0, 0.05) is 34.8 Å². The van der Waals surface area contributed by atoms with Gasteiger partial charge in [0.05, 0.1) is 16.3 Å². The van der Waals surface area contributed by atoms with E-state index in [9.17, 15) is 4.79 Å². The Kier molecular flexibility index (Phi) is 11.0. The monoisotopic (exact) mass is 603 g/mol. The summed E-state index contributed by atoms with van der Waals surface area (Å²) in [6.07, 6.45) is 16.6. The molecular formula is C41H49NOS. The highest BCUT2D eigenvalue weighted by Crippen LogP contribution is 2.34. The Morgan fingerprint density at radius 2 is 1.77 bits per heavy atom. The number of carbonyl (C=O) groups excluding carboxylic acids is 1. The normalized spacial score (nSPS) is 16.0. The summed E-state index contributed by atoms with van der Waals surface area (Å²) in [7, 11) is 0. The molecule has 2 aromatic carbocycles. The number of benzene rings is 2. The van der Waals surface area contributed by atoms with E-state index in [1.54, 1.807) is 0 Å². The molecule has 0 amide bonds. The van der Waals surface area contributed by atoms with Gasteiger partial charge in [-0.3, -0.25) is 9.79 Å². The first kappa shape index (κ1) is 32.1. The summed E-state index contributed by atoms with van der Waals surface area (Å²) in [5, 5.41) is 0. The fourth-order valence-corrected chi connectivity index (χ4v) is 8.03. The van der Waals surface area contributed by atoms with Crippen LogP contribution in [-0.2, 0) is 19.3 Å². The van der Waals surface area contributed by atoms with Crippen molar-refractivity contribution in [3.63, 3.8) is 0 Å². The number of hydrogen-bond donors (Lipinski definition) is 0. The number of carbonyl (C=O) groups is 1. The van der Waals surface area contributed by atoms with Crippen LogP contribution in [0.5, 0.6) is 0 Å². The third kappa shape index (κ3) is 7.85. The lowest BCUT2D eigenvalue weighted by molar-refractivity contribution is 0.0966. The maximum atomic E-state index is 13.3. The van der Waals surface area contributed by atoms with Gasteiger partial charge in [-0.2, -0.15) is 0 Å². The van der Waals surface area contributed by atoms with E-state index in [-0.39, 0.29) is 11.7 Å². The van der Waals surface area contributed by atoms with Gasteiger partial charge in [0.1, 0.15) is 0 Å². The number of Topliss-reactive ketones (excluding diaryl/α,β-unsaturated/α-hetero) is 1. The van der Waals surface area contributed by atoms with Crippen molar-refractivity contribution in [2.75, 3.05) is 0 Å². The maximum absolute atomic E-state index is 13.3. The highest BCUT2D eigenvalue weighted by molar-refractivity contribution is 7.14. The van der Waals surface area contributed by atoms with Gasteiger partial charge in [-0.05, 0) is 72.1 Å². The van der Waals surface area contributed by atoms with E-state index >= 15 is 0 Å². The molecule has 44 heavy (non-hydrogen) atoms. The SMILES string of the molecule is C=C(CCCC1CCCCC1)C(=C)Cc1cc(CC)c(C2=NC(c3cccc(C(C)C(=O)c4cccc(CC)c4)c3)=CC2)s1. The maximum Gasteiger partial charge on any atom is 0.170 e. The van der Waals surface area contributed by atoms with Crippen LogP contribution in [0.4, 0.5) is 0 Å². The minimum Gasteiger partial charge on any atom is -0.294 e. The first-order valence-corrected chi connectivity index (χ1v) is 17.7. The van der Waals surface area contributed by atoms with Crippen LogP contribution >= 0.6 is 11.3 Å². The van der Waals surface area contributed by atoms with Crippen molar-refractivity contribution in [3.05, 3.63) is 123 Å². The number of aliphatic imine (C=N–C) groups is 1. The molecule has 0 saturated heterocycles. The summed E-state index contributed by atoms with van der Waals surface area (Å²) in [6.45, 7) is 15.2. The fourth-order valence-electron chi connectivity index (χ4n) is 6.74. The molecule has 1 unspecified atom stereocenters. The Morgan fingerprint density at radius 1 is 0.977 bits per heavy atom. The van der Waals surface area contributed by atoms with Crippen molar-refractivity contribution in [2.45, 2.75) is 104 Å². The first-order chi connectivity index (χ1) is 21.4. The minimum absolute atomic E-state index is 0.161. The lowest BCUT2D eigenvalue weighted by Crippen LogP contribution is -2.10. The molecule has 1 fully saturated rings. The van der Waals surface area contributed by atoms with Gasteiger partial charge >= 0.3 is 0 Å². The molecular weight excluding hydrogens is 555 g/mol. The summed E-state index contributed by atoms with van der Waals surface area (Å²) < 4.78 is 0. The van der Waals surface area contributed by atoms with Crippen molar-refractivity contribution in [2.24, 2.45) is 10.9 Å². The number of nitrogens with zero attached hydrogens (tertiary/aromatic N) is 1. The van der Waals surface area contributed by atoms with Gasteiger partial charge in [-0.15, -0.1) is 11.3 Å². The molecule has 230 valence electrons. The molecule has 0 bridgehead atoms. The molecule has 2 aliphatic rings. The number of ketones is 1. The van der Waals surface area contributed by atoms with Gasteiger partial charge in [0.15, 0.2) is 5.78 Å². The molecule has 1 aliphatic heterocycles. The molecule has 1 saturated carbocycles. The molecule has 3 heteroatoms. The Morgan fingerprint density at radius 3 is 2.55 bits per heavy atom. The zero-order valence-electron chi connectivity index (χ0n) is 27.1. The predicted molar refractivity (Wildman–Crippen MR) is 190 cm³/mol. The Labute approximate surface area is 269 Å². The Hall–Kier alpha value is -3.30. The van der Waals surface area contributed by atoms with Crippen molar-refractivity contribution >= 4 is 28.5 Å². The molecule has 1 aromatic heterocycles. The average Bonchev–Trinajstić information content (AvgIpc) is 3.72. The van der Waals surface area contributed by atoms with Crippen LogP contribution in [0, 0.1) is 5.92 Å². The van der Waals surface area contributed by atoms with Crippen molar-refractivity contribution < 1.29 is 4.79 Å². The Balaban J connectivity index is 1.23. The van der Waals surface area contributed by atoms with E-state index < -0.39 is 0 Å². The van der Waals surface area contributed by atoms with Gasteiger partial charge < -0.3 is 0 Å². The number of allylic oxidation sites excluding steroid dienone is 3. The molecule has 0 spiro atoms. The van der Waals surface area contributed by atoms with E-state index in [2.05, 4.69) is 69.5 Å². The smallest absolute Gasteiger partial charge is 0.170 e. The second kappa shape index (κ2) is 15.1. The summed E-state index contributed by atoms with van der Waals surface area (Å²) in [5.74, 6) is 0.877. The largest absolute Gasteiger partial charge is 0.294 e. The van der Waals surface area contributed by atoms with E-state index in [1.165, 1.54) is 77.0 Å². The summed E-state index contributed by atoms with van der Waals surface area (Å²) in [6, 6.07) is 18.8. The van der Waals surface area contributed by atoms with E-state index in [0.717, 1.165) is 66.1 Å². The number of thiophene rings is 1. The summed E-state index contributed by atoms with van der Waals surface area (Å²) >= 11 is 1.87. The lowest BCUT2D eigenvalue weighted by atomic mass is 9.85. The van der Waals surface area contributed by atoms with Crippen LogP contribution in [0.2, 0.25) is 0 Å². The second-order valence-electron chi connectivity index (χ2n) is 12.8. The van der Waals surface area contributed by atoms with Crippen molar-refractivity contribution in [1.82, 2.24) is 0 Å². The average molecular weight is 604 g/mol. The van der Waals surface area contributed by atoms with Crippen LogP contribution < -0.4 is 0 Å². The van der Waals surface area contributed by atoms with Crippen LogP contribution in [0.15, 0.2) is 90.0 Å². The molecule has 2 nitrogen and oxygen atoms in total. The zero-order valence-corrected chi connectivity index (χ0v) is 27.9. The van der Waals surface area contributed by atoms with E-state index in [0.29, 0.717) is 0 Å². The highest BCUT2D eigenvalue weighted by atomic mass is 32.1. The second-order valence-corrected chi connectivity index (χ2v) is 14.0. The standard InChI is InChI=1S/C41H49NOS/c1-6-31-17-12-21-36(25-31)40(43)30(5)34-19-13-20-35(26-34)38-22-23-39(42-38)41-33(7-2)27-37(44-41)24-29(4)28(3)14-11-18-32-15-9-8-10-16-32/h12-13,17,19-22,25-27,30,32H,3-4,6-11,14-16,18,23-24H2,1-2,5H3. The predicted octanol–water partition coefficient (Wildman–Crippen LogP) is 11.5. The molecule has 2 heterocycles. The molecule has 1 aliphatic carbocycles. The van der Waals surface area contributed by atoms with Gasteiger partial charge in [-0.25, -0.2) is 0 Å². The third-order valence-electron chi connectivity index (χ3n) is 9.65. The quantitative estimate of drug-likeness (QED) is 0.133. The zero-order chi connectivity index (χ0) is 31.1. The molecule has 3 aromatic rings. The lowest BCUT2D eigenvalue weighted by Gasteiger charge is -2.21. The molecule has 0 N–H and O–H groups in total. The van der Waals surface area contributed by atoms with Crippen LogP contribution in [0.25, 0.3) is 5.70 Å². The molecule has 0 radical (unpaired) electrons. The number of aryl methyl sites for hydroxylation is 2. The van der Waals surface area contributed by atoms with Crippen LogP contribution in [-0.4, -0.2) is 11.5 Å². The molecule has 5 rings (SSSR count).